The van der Waals surface area contributed by atoms with E-state index in [2.05, 4.69) is 28.1 Å². The van der Waals surface area contributed by atoms with Gasteiger partial charge in [-0.15, -0.1) is 0 Å². The number of benzene rings is 2. The maximum Gasteiger partial charge on any atom is 0.323 e. The lowest BCUT2D eigenvalue weighted by atomic mass is 9.87. The number of thioether (sulfide) groups is 1. The molecule has 0 saturated heterocycles. The predicted octanol–water partition coefficient (Wildman–Crippen LogP) is 3.47. The first kappa shape index (κ1) is 22.2. The highest BCUT2D eigenvalue weighted by molar-refractivity contribution is 7.98. The molecular weight excluding hydrogens is 424 g/mol. The van der Waals surface area contributed by atoms with Gasteiger partial charge >= 0.3 is 6.03 Å². The number of amides is 4. The Bertz CT molecular complexity index is 1010. The van der Waals surface area contributed by atoms with Gasteiger partial charge in [0.15, 0.2) is 0 Å². The van der Waals surface area contributed by atoms with Gasteiger partial charge in [-0.1, -0.05) is 36.4 Å². The Morgan fingerprint density at radius 2 is 1.97 bits per heavy atom. The second-order valence-corrected chi connectivity index (χ2v) is 9.07. The summed E-state index contributed by atoms with van der Waals surface area (Å²) in [7, 11) is 0. The smallest absolute Gasteiger partial charge is 0.323 e. The Morgan fingerprint density at radius 1 is 1.19 bits per heavy atom. The Kier molecular flexibility index (Phi) is 6.99. The van der Waals surface area contributed by atoms with Crippen LogP contribution in [0.3, 0.4) is 0 Å². The number of nitrogens with one attached hydrogen (secondary N) is 3. The minimum Gasteiger partial charge on any atom is -0.348 e. The number of para-hydroxylation sites is 2. The molecule has 1 heterocycles. The van der Waals surface area contributed by atoms with Crippen molar-refractivity contribution in [1.29, 1.82) is 0 Å². The number of hydrogen-bond donors (Lipinski definition) is 3. The lowest BCUT2D eigenvalue weighted by molar-refractivity contribution is -0.123. The molecule has 2 aromatic rings. The molecular formula is C24H28N4O3S. The molecule has 7 nitrogen and oxygen atoms in total. The Morgan fingerprint density at radius 3 is 2.81 bits per heavy atom. The van der Waals surface area contributed by atoms with E-state index in [-0.39, 0.29) is 24.4 Å². The van der Waals surface area contributed by atoms with Crippen LogP contribution in [0.5, 0.6) is 0 Å². The van der Waals surface area contributed by atoms with Gasteiger partial charge < -0.3 is 16.0 Å². The maximum absolute atomic E-state index is 13.2. The van der Waals surface area contributed by atoms with E-state index in [1.807, 2.05) is 24.5 Å². The van der Waals surface area contributed by atoms with Crippen LogP contribution in [0.25, 0.3) is 0 Å². The molecule has 0 saturated carbocycles. The Labute approximate surface area is 192 Å². The summed E-state index contributed by atoms with van der Waals surface area (Å²) in [6.45, 7) is -0.0876. The SMILES string of the molecule is CSCC[C@H](NC(=O)N1CC(=O)Nc2ccccc21)C(=O)NC1CCCc2ccccc21. The van der Waals surface area contributed by atoms with Crippen molar-refractivity contribution in [3.05, 3.63) is 59.7 Å². The molecule has 4 amide bonds. The number of carbonyl (C=O) groups excluding carboxylic acids is 3. The quantitative estimate of drug-likeness (QED) is 0.626. The molecule has 32 heavy (non-hydrogen) atoms. The third-order valence-corrected chi connectivity index (χ3v) is 6.57. The number of aryl methyl sites for hydroxylation is 1. The van der Waals surface area contributed by atoms with Gasteiger partial charge in [0.25, 0.3) is 0 Å². The van der Waals surface area contributed by atoms with Crippen LogP contribution in [0.1, 0.15) is 36.4 Å². The highest BCUT2D eigenvalue weighted by atomic mass is 32.2. The van der Waals surface area contributed by atoms with E-state index < -0.39 is 12.1 Å². The van der Waals surface area contributed by atoms with E-state index in [1.165, 1.54) is 10.5 Å². The zero-order valence-corrected chi connectivity index (χ0v) is 18.9. The van der Waals surface area contributed by atoms with Crippen LogP contribution >= 0.6 is 11.8 Å². The molecule has 0 aromatic heterocycles. The lowest BCUT2D eigenvalue weighted by Gasteiger charge is -2.32. The second kappa shape index (κ2) is 10.1. The van der Waals surface area contributed by atoms with Crippen LogP contribution < -0.4 is 20.9 Å². The fraction of sp³-hybridized carbons (Fsp3) is 0.375. The zero-order chi connectivity index (χ0) is 22.5. The first-order valence-corrected chi connectivity index (χ1v) is 12.3. The predicted molar refractivity (Wildman–Crippen MR) is 128 cm³/mol. The summed E-state index contributed by atoms with van der Waals surface area (Å²) in [5.74, 6) is 0.281. The summed E-state index contributed by atoms with van der Waals surface area (Å²) in [6.07, 6.45) is 5.40. The topological polar surface area (TPSA) is 90.5 Å². The molecule has 168 valence electrons. The van der Waals surface area contributed by atoms with Crippen molar-refractivity contribution in [2.75, 3.05) is 28.8 Å². The van der Waals surface area contributed by atoms with Crippen molar-refractivity contribution >= 4 is 41.0 Å². The number of nitrogens with zero attached hydrogens (tertiary/aromatic N) is 1. The summed E-state index contributed by atoms with van der Waals surface area (Å²) in [6, 6.07) is 14.2. The molecule has 0 radical (unpaired) electrons. The number of anilines is 2. The average molecular weight is 453 g/mol. The molecule has 3 N–H and O–H groups in total. The van der Waals surface area contributed by atoms with Gasteiger partial charge in [0.2, 0.25) is 11.8 Å². The summed E-state index contributed by atoms with van der Waals surface area (Å²) in [5, 5.41) is 8.81. The average Bonchev–Trinajstić information content (AvgIpc) is 2.81. The van der Waals surface area contributed by atoms with Crippen molar-refractivity contribution in [3.63, 3.8) is 0 Å². The highest BCUT2D eigenvalue weighted by Crippen LogP contribution is 2.30. The van der Waals surface area contributed by atoms with Crippen molar-refractivity contribution in [2.45, 2.75) is 37.8 Å². The van der Waals surface area contributed by atoms with Gasteiger partial charge in [-0.2, -0.15) is 11.8 Å². The molecule has 4 rings (SSSR count). The second-order valence-electron chi connectivity index (χ2n) is 8.09. The van der Waals surface area contributed by atoms with Crippen LogP contribution in [0.15, 0.2) is 48.5 Å². The summed E-state index contributed by atoms with van der Waals surface area (Å²) in [4.78, 5) is 39.8. The number of hydrogen-bond acceptors (Lipinski definition) is 4. The molecule has 1 aliphatic carbocycles. The van der Waals surface area contributed by atoms with Gasteiger partial charge in [0.1, 0.15) is 12.6 Å². The van der Waals surface area contributed by atoms with Crippen molar-refractivity contribution in [1.82, 2.24) is 10.6 Å². The van der Waals surface area contributed by atoms with Crippen LogP contribution in [0, 0.1) is 0 Å². The van der Waals surface area contributed by atoms with Crippen molar-refractivity contribution in [3.8, 4) is 0 Å². The monoisotopic (exact) mass is 452 g/mol. The molecule has 2 atom stereocenters. The van der Waals surface area contributed by atoms with Crippen LogP contribution in [-0.2, 0) is 16.0 Å². The Balaban J connectivity index is 1.49. The van der Waals surface area contributed by atoms with E-state index >= 15 is 0 Å². The van der Waals surface area contributed by atoms with E-state index in [1.54, 1.807) is 30.0 Å². The molecule has 8 heteroatoms. The minimum atomic E-state index is -0.679. The maximum atomic E-state index is 13.2. The zero-order valence-electron chi connectivity index (χ0n) is 18.1. The van der Waals surface area contributed by atoms with E-state index in [9.17, 15) is 14.4 Å². The van der Waals surface area contributed by atoms with Gasteiger partial charge in [-0.25, -0.2) is 4.79 Å². The fourth-order valence-electron chi connectivity index (χ4n) is 4.32. The van der Waals surface area contributed by atoms with E-state index in [0.29, 0.717) is 17.8 Å². The molecule has 0 fully saturated rings. The van der Waals surface area contributed by atoms with Crippen LogP contribution in [-0.4, -0.2) is 42.4 Å². The standard InChI is InChI=1S/C24H28N4O3S/c1-32-14-13-20(23(30)26-18-11-6-8-16-7-2-3-9-17(16)18)27-24(31)28-15-22(29)25-19-10-4-5-12-21(19)28/h2-5,7,9-10,12,18,20H,6,8,11,13-15H2,1H3,(H,25,29)(H,26,30)(H,27,31)/t18?,20-/m0/s1. The third-order valence-electron chi connectivity index (χ3n) is 5.93. The first-order chi connectivity index (χ1) is 15.6. The fourth-order valence-corrected chi connectivity index (χ4v) is 4.79. The lowest BCUT2D eigenvalue weighted by Crippen LogP contribution is -2.54. The molecule has 0 bridgehead atoms. The number of urea groups is 1. The molecule has 1 aliphatic heterocycles. The van der Waals surface area contributed by atoms with Crippen molar-refractivity contribution < 1.29 is 14.4 Å². The van der Waals surface area contributed by atoms with Gasteiger partial charge in [0, 0.05) is 0 Å². The van der Waals surface area contributed by atoms with Crippen molar-refractivity contribution in [2.24, 2.45) is 0 Å². The Hall–Kier alpha value is -3.00. The number of fused-ring (bicyclic) bond motifs is 2. The first-order valence-electron chi connectivity index (χ1n) is 10.9. The van der Waals surface area contributed by atoms with Crippen LogP contribution in [0.4, 0.5) is 16.2 Å². The summed E-state index contributed by atoms with van der Waals surface area (Å²) in [5.41, 5.74) is 3.63. The number of carbonyl (C=O) groups is 3. The molecule has 0 spiro atoms. The molecule has 2 aliphatic rings. The van der Waals surface area contributed by atoms with Gasteiger partial charge in [-0.05, 0) is 61.0 Å². The van der Waals surface area contributed by atoms with Crippen LogP contribution in [0.2, 0.25) is 0 Å². The largest absolute Gasteiger partial charge is 0.348 e. The minimum absolute atomic E-state index is 0.0531. The third kappa shape index (κ3) is 4.91. The molecule has 1 unspecified atom stereocenters. The van der Waals surface area contributed by atoms with Gasteiger partial charge in [-0.3, -0.25) is 14.5 Å². The van der Waals surface area contributed by atoms with E-state index in [4.69, 9.17) is 0 Å². The molecule has 2 aromatic carbocycles. The number of rotatable bonds is 6. The summed E-state index contributed by atoms with van der Waals surface area (Å²) < 4.78 is 0. The van der Waals surface area contributed by atoms with E-state index in [0.717, 1.165) is 30.6 Å². The normalized spacial score (nSPS) is 18.1. The summed E-state index contributed by atoms with van der Waals surface area (Å²) >= 11 is 1.62. The highest BCUT2D eigenvalue weighted by Gasteiger charge is 2.31. The van der Waals surface area contributed by atoms with Gasteiger partial charge in [0.05, 0.1) is 17.4 Å².